The molecule has 0 radical (unpaired) electrons. The van der Waals surface area contributed by atoms with Gasteiger partial charge in [-0.25, -0.2) is 0 Å². The molecule has 0 bridgehead atoms. The molecular weight excluding hydrogens is 378 g/mol. The zero-order chi connectivity index (χ0) is 21.3. The van der Waals surface area contributed by atoms with Crippen molar-refractivity contribution in [3.05, 3.63) is 65.5 Å². The number of aromatic nitrogens is 2. The van der Waals surface area contributed by atoms with E-state index in [0.717, 1.165) is 24.2 Å². The second kappa shape index (κ2) is 7.94. The number of hydrogen-bond acceptors (Lipinski definition) is 5. The average Bonchev–Trinajstić information content (AvgIpc) is 3.42. The first-order chi connectivity index (χ1) is 14.4. The van der Waals surface area contributed by atoms with Crippen LogP contribution in [0.5, 0.6) is 5.75 Å². The fourth-order valence-electron chi connectivity index (χ4n) is 3.80. The van der Waals surface area contributed by atoms with Gasteiger partial charge in [0.25, 0.3) is 5.91 Å². The molecule has 1 saturated heterocycles. The molecule has 30 heavy (non-hydrogen) atoms. The molecule has 1 amide bonds. The maximum Gasteiger partial charge on any atom is 0.254 e. The molecule has 6 heteroatoms. The first-order valence-corrected chi connectivity index (χ1v) is 10.3. The van der Waals surface area contributed by atoms with Crippen LogP contribution >= 0.6 is 0 Å². The molecule has 6 nitrogen and oxygen atoms in total. The molecule has 1 fully saturated rings. The molecule has 4 rings (SSSR count). The summed E-state index contributed by atoms with van der Waals surface area (Å²) in [6.07, 6.45) is 1.72. The molecule has 0 N–H and O–H groups in total. The maximum absolute atomic E-state index is 13.2. The van der Waals surface area contributed by atoms with E-state index in [0.29, 0.717) is 23.8 Å². The van der Waals surface area contributed by atoms with Gasteiger partial charge in [0.15, 0.2) is 0 Å². The minimum atomic E-state index is -0.202. The molecule has 0 unspecified atom stereocenters. The normalized spacial score (nSPS) is 16.7. The minimum absolute atomic E-state index is 0.000843. The van der Waals surface area contributed by atoms with Gasteiger partial charge in [-0.15, -0.1) is 0 Å². The van der Waals surface area contributed by atoms with E-state index in [1.165, 1.54) is 5.56 Å². The SMILES string of the molecule is COc1cccc(-c2noc([C@H]3CCCN3C(=O)c3ccc(C(C)(C)C)cc3)n2)c1. The number of carbonyl (C=O) groups is 1. The fraction of sp³-hybridized carbons (Fsp3) is 0.375. The summed E-state index contributed by atoms with van der Waals surface area (Å²) >= 11 is 0. The molecule has 1 atom stereocenters. The van der Waals surface area contributed by atoms with E-state index in [1.807, 2.05) is 53.4 Å². The predicted octanol–water partition coefficient (Wildman–Crippen LogP) is 5.02. The van der Waals surface area contributed by atoms with Gasteiger partial charge in [0, 0.05) is 17.7 Å². The zero-order valence-corrected chi connectivity index (χ0v) is 17.9. The van der Waals surface area contributed by atoms with Crippen LogP contribution in [-0.4, -0.2) is 34.6 Å². The molecule has 1 aliphatic heterocycles. The van der Waals surface area contributed by atoms with Crippen molar-refractivity contribution in [1.29, 1.82) is 0 Å². The lowest BCUT2D eigenvalue weighted by atomic mass is 9.86. The van der Waals surface area contributed by atoms with E-state index in [9.17, 15) is 4.79 Å². The highest BCUT2D eigenvalue weighted by molar-refractivity contribution is 5.94. The number of hydrogen-bond donors (Lipinski definition) is 0. The van der Waals surface area contributed by atoms with Crippen LogP contribution in [0.2, 0.25) is 0 Å². The monoisotopic (exact) mass is 405 g/mol. The fourth-order valence-corrected chi connectivity index (χ4v) is 3.80. The van der Waals surface area contributed by atoms with Crippen molar-refractivity contribution in [2.24, 2.45) is 0 Å². The third-order valence-corrected chi connectivity index (χ3v) is 5.57. The predicted molar refractivity (Wildman–Crippen MR) is 114 cm³/mol. The number of methoxy groups -OCH3 is 1. The standard InChI is InChI=1S/C24H27N3O3/c1-24(2,3)18-12-10-16(11-13-18)23(28)27-14-6-9-20(27)22-25-21(26-30-22)17-7-5-8-19(15-17)29-4/h5,7-8,10-13,15,20H,6,9,14H2,1-4H3/t20-/m1/s1. The van der Waals surface area contributed by atoms with Gasteiger partial charge in [-0.2, -0.15) is 4.98 Å². The van der Waals surface area contributed by atoms with Crippen molar-refractivity contribution in [1.82, 2.24) is 15.0 Å². The van der Waals surface area contributed by atoms with Crippen LogP contribution in [0.3, 0.4) is 0 Å². The van der Waals surface area contributed by atoms with E-state index in [-0.39, 0.29) is 17.4 Å². The number of nitrogens with zero attached hydrogens (tertiary/aromatic N) is 3. The van der Waals surface area contributed by atoms with E-state index in [1.54, 1.807) is 7.11 Å². The number of benzene rings is 2. The molecule has 2 aromatic carbocycles. The van der Waals surface area contributed by atoms with E-state index < -0.39 is 0 Å². The van der Waals surface area contributed by atoms with Crippen molar-refractivity contribution in [3.63, 3.8) is 0 Å². The lowest BCUT2D eigenvalue weighted by molar-refractivity contribution is 0.0710. The third-order valence-electron chi connectivity index (χ3n) is 5.57. The highest BCUT2D eigenvalue weighted by atomic mass is 16.5. The van der Waals surface area contributed by atoms with Crippen molar-refractivity contribution < 1.29 is 14.1 Å². The van der Waals surface area contributed by atoms with Gasteiger partial charge in [-0.3, -0.25) is 4.79 Å². The van der Waals surface area contributed by atoms with Gasteiger partial charge in [-0.1, -0.05) is 50.2 Å². The van der Waals surface area contributed by atoms with Crippen molar-refractivity contribution in [3.8, 4) is 17.1 Å². The second-order valence-corrected chi connectivity index (χ2v) is 8.67. The van der Waals surface area contributed by atoms with Gasteiger partial charge in [0.05, 0.1) is 7.11 Å². The Balaban J connectivity index is 1.55. The quantitative estimate of drug-likeness (QED) is 0.610. The van der Waals surface area contributed by atoms with Crippen LogP contribution in [0.25, 0.3) is 11.4 Å². The molecule has 0 spiro atoms. The highest BCUT2D eigenvalue weighted by Gasteiger charge is 2.34. The second-order valence-electron chi connectivity index (χ2n) is 8.67. The van der Waals surface area contributed by atoms with Crippen LogP contribution in [0.1, 0.15) is 61.5 Å². The Morgan fingerprint density at radius 2 is 1.93 bits per heavy atom. The van der Waals surface area contributed by atoms with Gasteiger partial charge in [-0.05, 0) is 48.1 Å². The summed E-state index contributed by atoms with van der Waals surface area (Å²) in [7, 11) is 1.62. The van der Waals surface area contributed by atoms with Crippen molar-refractivity contribution in [2.45, 2.75) is 45.1 Å². The first kappa shape index (κ1) is 20.1. The largest absolute Gasteiger partial charge is 0.497 e. The lowest BCUT2D eigenvalue weighted by Crippen LogP contribution is -2.30. The van der Waals surface area contributed by atoms with Crippen LogP contribution < -0.4 is 4.74 Å². The Labute approximate surface area is 176 Å². The van der Waals surface area contributed by atoms with Gasteiger partial charge >= 0.3 is 0 Å². The van der Waals surface area contributed by atoms with Crippen molar-refractivity contribution in [2.75, 3.05) is 13.7 Å². The lowest BCUT2D eigenvalue weighted by Gasteiger charge is -2.23. The van der Waals surface area contributed by atoms with E-state index in [4.69, 9.17) is 9.26 Å². The molecular formula is C24H27N3O3. The Morgan fingerprint density at radius 1 is 1.17 bits per heavy atom. The number of amides is 1. The first-order valence-electron chi connectivity index (χ1n) is 10.3. The number of ether oxygens (including phenoxy) is 1. The zero-order valence-electron chi connectivity index (χ0n) is 17.9. The van der Waals surface area contributed by atoms with E-state index in [2.05, 4.69) is 30.9 Å². The van der Waals surface area contributed by atoms with E-state index >= 15 is 0 Å². The topological polar surface area (TPSA) is 68.5 Å². The van der Waals surface area contributed by atoms with Crippen LogP contribution in [0, 0.1) is 0 Å². The summed E-state index contributed by atoms with van der Waals surface area (Å²) in [6.45, 7) is 7.17. The number of carbonyl (C=O) groups excluding carboxylic acids is 1. The molecule has 1 aliphatic rings. The summed E-state index contributed by atoms with van der Waals surface area (Å²) in [5, 5.41) is 4.13. The Morgan fingerprint density at radius 3 is 2.63 bits per heavy atom. The Kier molecular flexibility index (Phi) is 5.33. The molecule has 1 aromatic heterocycles. The van der Waals surface area contributed by atoms with Crippen molar-refractivity contribution >= 4 is 5.91 Å². The average molecular weight is 405 g/mol. The molecule has 3 aromatic rings. The molecule has 2 heterocycles. The Hall–Kier alpha value is -3.15. The number of rotatable bonds is 4. The summed E-state index contributed by atoms with van der Waals surface area (Å²) in [6, 6.07) is 15.2. The van der Waals surface area contributed by atoms with Crippen LogP contribution in [-0.2, 0) is 5.41 Å². The number of likely N-dealkylation sites (tertiary alicyclic amines) is 1. The van der Waals surface area contributed by atoms with Gasteiger partial charge in [0.2, 0.25) is 11.7 Å². The smallest absolute Gasteiger partial charge is 0.254 e. The minimum Gasteiger partial charge on any atom is -0.497 e. The summed E-state index contributed by atoms with van der Waals surface area (Å²) in [5.74, 6) is 1.71. The maximum atomic E-state index is 13.2. The van der Waals surface area contributed by atoms with Gasteiger partial charge < -0.3 is 14.2 Å². The van der Waals surface area contributed by atoms with Crippen LogP contribution in [0.4, 0.5) is 0 Å². The molecule has 0 aliphatic carbocycles. The molecule has 156 valence electrons. The summed E-state index contributed by atoms with van der Waals surface area (Å²) in [4.78, 5) is 19.6. The van der Waals surface area contributed by atoms with Gasteiger partial charge in [0.1, 0.15) is 11.8 Å². The third kappa shape index (κ3) is 3.95. The summed E-state index contributed by atoms with van der Waals surface area (Å²) < 4.78 is 10.8. The Bertz CT molecular complexity index is 1030. The molecule has 0 saturated carbocycles. The summed E-state index contributed by atoms with van der Waals surface area (Å²) in [5.41, 5.74) is 2.76. The highest BCUT2D eigenvalue weighted by Crippen LogP contribution is 2.34. The van der Waals surface area contributed by atoms with Crippen LogP contribution in [0.15, 0.2) is 53.1 Å².